The Morgan fingerprint density at radius 3 is 2.91 bits per heavy atom. The first kappa shape index (κ1) is 6.70. The van der Waals surface area contributed by atoms with Gasteiger partial charge in [-0.1, -0.05) is 0 Å². The predicted molar refractivity (Wildman–Crippen MR) is 44.5 cm³/mol. The molecule has 3 heteroatoms. The smallest absolute Gasteiger partial charge is 0.0728 e. The van der Waals surface area contributed by atoms with Crippen molar-refractivity contribution in [3.63, 3.8) is 0 Å². The van der Waals surface area contributed by atoms with E-state index in [0.717, 1.165) is 5.69 Å². The molecule has 0 spiro atoms. The molecule has 2 rings (SSSR count). The fourth-order valence-electron chi connectivity index (χ4n) is 1.28. The Balaban J connectivity index is 1.95. The molecule has 1 saturated carbocycles. The van der Waals surface area contributed by atoms with Crippen LogP contribution in [0.15, 0.2) is 12.4 Å². The lowest BCUT2D eigenvalue weighted by Gasteiger charge is -2.26. The number of hydrogen-bond donors (Lipinski definition) is 1. The van der Waals surface area contributed by atoms with Crippen molar-refractivity contribution in [3.8, 4) is 0 Å². The third-order valence-electron chi connectivity index (χ3n) is 2.18. The van der Waals surface area contributed by atoms with Crippen LogP contribution in [0.25, 0.3) is 0 Å². The quantitative estimate of drug-likeness (QED) is 0.692. The molecule has 0 radical (unpaired) electrons. The van der Waals surface area contributed by atoms with Crippen molar-refractivity contribution < 1.29 is 0 Å². The number of aryl methyl sites for hydroxylation is 1. The van der Waals surface area contributed by atoms with Gasteiger partial charge < -0.3 is 5.32 Å². The molecule has 1 aromatic rings. The molecular weight excluding hydrogens is 138 g/mol. The maximum Gasteiger partial charge on any atom is 0.0728 e. The lowest BCUT2D eigenvalue weighted by molar-refractivity contribution is 0.445. The summed E-state index contributed by atoms with van der Waals surface area (Å²) in [6, 6.07) is 0.708. The third kappa shape index (κ3) is 1.37. The largest absolute Gasteiger partial charge is 0.380 e. The molecule has 60 valence electrons. The molecule has 0 bridgehead atoms. The highest BCUT2D eigenvalue weighted by atomic mass is 15.3. The van der Waals surface area contributed by atoms with E-state index in [2.05, 4.69) is 10.4 Å². The number of anilines is 1. The van der Waals surface area contributed by atoms with Crippen molar-refractivity contribution >= 4 is 5.69 Å². The normalized spacial score (nSPS) is 17.9. The van der Waals surface area contributed by atoms with Gasteiger partial charge in [0.2, 0.25) is 0 Å². The SMILES string of the molecule is Cn1cc(NC2CCC2)cn1. The number of nitrogens with one attached hydrogen (secondary N) is 1. The lowest BCUT2D eigenvalue weighted by Crippen LogP contribution is -2.26. The molecule has 1 aromatic heterocycles. The van der Waals surface area contributed by atoms with Gasteiger partial charge in [-0.2, -0.15) is 5.10 Å². The van der Waals surface area contributed by atoms with Crippen molar-refractivity contribution in [1.82, 2.24) is 9.78 Å². The highest BCUT2D eigenvalue weighted by molar-refractivity contribution is 5.39. The Hall–Kier alpha value is -0.990. The molecule has 1 aliphatic rings. The number of nitrogens with zero attached hydrogens (tertiary/aromatic N) is 2. The van der Waals surface area contributed by atoms with E-state index in [1.165, 1.54) is 19.3 Å². The lowest BCUT2D eigenvalue weighted by atomic mass is 9.93. The topological polar surface area (TPSA) is 29.9 Å². The van der Waals surface area contributed by atoms with Crippen LogP contribution in [-0.2, 0) is 7.05 Å². The molecule has 0 amide bonds. The molecule has 11 heavy (non-hydrogen) atoms. The van der Waals surface area contributed by atoms with Crippen molar-refractivity contribution in [2.75, 3.05) is 5.32 Å². The van der Waals surface area contributed by atoms with Gasteiger partial charge in [0, 0.05) is 19.3 Å². The van der Waals surface area contributed by atoms with Crippen LogP contribution in [0.5, 0.6) is 0 Å². The number of hydrogen-bond acceptors (Lipinski definition) is 2. The molecule has 0 aliphatic heterocycles. The molecule has 1 N–H and O–H groups in total. The zero-order valence-electron chi connectivity index (χ0n) is 6.75. The van der Waals surface area contributed by atoms with Gasteiger partial charge in [0.05, 0.1) is 11.9 Å². The summed E-state index contributed by atoms with van der Waals surface area (Å²) >= 11 is 0. The second-order valence-corrected chi connectivity index (χ2v) is 3.17. The molecule has 0 atom stereocenters. The zero-order chi connectivity index (χ0) is 7.68. The Morgan fingerprint density at radius 1 is 1.64 bits per heavy atom. The molecular formula is C8H13N3. The second-order valence-electron chi connectivity index (χ2n) is 3.17. The van der Waals surface area contributed by atoms with Gasteiger partial charge in [0.1, 0.15) is 0 Å². The van der Waals surface area contributed by atoms with Crippen molar-refractivity contribution in [3.05, 3.63) is 12.4 Å². The average Bonchev–Trinajstić information content (AvgIpc) is 2.27. The van der Waals surface area contributed by atoms with Gasteiger partial charge >= 0.3 is 0 Å². The summed E-state index contributed by atoms with van der Waals surface area (Å²) < 4.78 is 1.82. The maximum atomic E-state index is 4.08. The fraction of sp³-hybridized carbons (Fsp3) is 0.625. The second kappa shape index (κ2) is 2.57. The minimum absolute atomic E-state index is 0.708. The summed E-state index contributed by atoms with van der Waals surface area (Å²) in [7, 11) is 1.94. The molecule has 3 nitrogen and oxygen atoms in total. The van der Waals surface area contributed by atoms with Gasteiger partial charge in [0.15, 0.2) is 0 Å². The van der Waals surface area contributed by atoms with E-state index in [1.807, 2.05) is 24.1 Å². The first-order valence-electron chi connectivity index (χ1n) is 4.10. The number of aromatic nitrogens is 2. The maximum absolute atomic E-state index is 4.08. The summed E-state index contributed by atoms with van der Waals surface area (Å²) in [6.45, 7) is 0. The summed E-state index contributed by atoms with van der Waals surface area (Å²) in [6.07, 6.45) is 7.89. The first-order valence-corrected chi connectivity index (χ1v) is 4.10. The Bertz CT molecular complexity index is 237. The minimum atomic E-state index is 0.708. The van der Waals surface area contributed by atoms with Crippen LogP contribution in [0, 0.1) is 0 Å². The van der Waals surface area contributed by atoms with Crippen LogP contribution in [-0.4, -0.2) is 15.8 Å². The van der Waals surface area contributed by atoms with Gasteiger partial charge in [-0.05, 0) is 19.3 Å². The van der Waals surface area contributed by atoms with Gasteiger partial charge in [-0.25, -0.2) is 0 Å². The zero-order valence-corrected chi connectivity index (χ0v) is 6.75. The highest BCUT2D eigenvalue weighted by Gasteiger charge is 2.16. The Kier molecular flexibility index (Phi) is 1.56. The first-order chi connectivity index (χ1) is 5.34. The van der Waals surface area contributed by atoms with Gasteiger partial charge in [-0.15, -0.1) is 0 Å². The molecule has 0 saturated heterocycles. The van der Waals surface area contributed by atoms with E-state index in [1.54, 1.807) is 0 Å². The summed E-state index contributed by atoms with van der Waals surface area (Å²) in [4.78, 5) is 0. The molecule has 1 fully saturated rings. The average molecular weight is 151 g/mol. The van der Waals surface area contributed by atoms with Crippen LogP contribution in [0.1, 0.15) is 19.3 Å². The minimum Gasteiger partial charge on any atom is -0.380 e. The molecule has 1 aliphatic carbocycles. The van der Waals surface area contributed by atoms with Gasteiger partial charge in [0.25, 0.3) is 0 Å². The van der Waals surface area contributed by atoms with Crippen molar-refractivity contribution in [1.29, 1.82) is 0 Å². The van der Waals surface area contributed by atoms with E-state index in [9.17, 15) is 0 Å². The third-order valence-corrected chi connectivity index (χ3v) is 2.18. The fourth-order valence-corrected chi connectivity index (χ4v) is 1.28. The van der Waals surface area contributed by atoms with Crippen LogP contribution in [0.3, 0.4) is 0 Å². The van der Waals surface area contributed by atoms with Crippen LogP contribution >= 0.6 is 0 Å². The molecule has 0 aromatic carbocycles. The van der Waals surface area contributed by atoms with E-state index >= 15 is 0 Å². The van der Waals surface area contributed by atoms with Crippen molar-refractivity contribution in [2.24, 2.45) is 7.05 Å². The number of rotatable bonds is 2. The monoisotopic (exact) mass is 151 g/mol. The molecule has 0 unspecified atom stereocenters. The van der Waals surface area contributed by atoms with E-state index in [4.69, 9.17) is 0 Å². The summed E-state index contributed by atoms with van der Waals surface area (Å²) in [5.74, 6) is 0. The van der Waals surface area contributed by atoms with E-state index in [0.29, 0.717) is 6.04 Å². The molecule has 1 heterocycles. The standard InChI is InChI=1S/C8H13N3/c1-11-6-8(5-9-11)10-7-3-2-4-7/h5-7,10H,2-4H2,1H3. The van der Waals surface area contributed by atoms with Crippen molar-refractivity contribution in [2.45, 2.75) is 25.3 Å². The van der Waals surface area contributed by atoms with E-state index < -0.39 is 0 Å². The summed E-state index contributed by atoms with van der Waals surface area (Å²) in [5, 5.41) is 7.50. The predicted octanol–water partition coefficient (Wildman–Crippen LogP) is 1.38. The Morgan fingerprint density at radius 2 is 2.45 bits per heavy atom. The van der Waals surface area contributed by atoms with Crippen LogP contribution in [0.4, 0.5) is 5.69 Å². The summed E-state index contributed by atoms with van der Waals surface area (Å²) in [5.41, 5.74) is 1.15. The highest BCUT2D eigenvalue weighted by Crippen LogP contribution is 2.22. The Labute approximate surface area is 66.4 Å². The van der Waals surface area contributed by atoms with Crippen LogP contribution in [0.2, 0.25) is 0 Å². The van der Waals surface area contributed by atoms with Gasteiger partial charge in [-0.3, -0.25) is 4.68 Å². The van der Waals surface area contributed by atoms with E-state index in [-0.39, 0.29) is 0 Å². The van der Waals surface area contributed by atoms with Crippen LogP contribution < -0.4 is 5.32 Å².